The molecule has 0 amide bonds. The standard InChI is InChI=1S/C6H6N4O4/c7-9-5-4(6(11)12)1-3(2-8-5)10(13)14/h1-2H,7H2,(H,8,9)(H,11,12). The van der Waals surface area contributed by atoms with Crippen molar-refractivity contribution in [1.82, 2.24) is 4.98 Å². The van der Waals surface area contributed by atoms with Gasteiger partial charge in [0, 0.05) is 6.07 Å². The Morgan fingerprint density at radius 1 is 1.71 bits per heavy atom. The molecule has 4 N–H and O–H groups in total. The second-order valence-corrected chi connectivity index (χ2v) is 2.30. The molecule has 0 aliphatic carbocycles. The van der Waals surface area contributed by atoms with Crippen LogP contribution < -0.4 is 11.3 Å². The minimum absolute atomic E-state index is 0.122. The number of nitrogens with one attached hydrogen (secondary N) is 1. The number of rotatable bonds is 3. The van der Waals surface area contributed by atoms with E-state index >= 15 is 0 Å². The maximum Gasteiger partial charge on any atom is 0.339 e. The van der Waals surface area contributed by atoms with Crippen molar-refractivity contribution in [1.29, 1.82) is 0 Å². The molecule has 0 radical (unpaired) electrons. The minimum Gasteiger partial charge on any atom is -0.478 e. The molecule has 0 bridgehead atoms. The number of pyridine rings is 1. The third kappa shape index (κ3) is 1.75. The zero-order valence-corrected chi connectivity index (χ0v) is 6.80. The summed E-state index contributed by atoms with van der Waals surface area (Å²) in [6.45, 7) is 0. The molecule has 0 aliphatic rings. The fourth-order valence-corrected chi connectivity index (χ4v) is 0.832. The highest BCUT2D eigenvalue weighted by molar-refractivity contribution is 5.93. The largest absolute Gasteiger partial charge is 0.478 e. The van der Waals surface area contributed by atoms with Gasteiger partial charge in [-0.2, -0.15) is 0 Å². The van der Waals surface area contributed by atoms with Gasteiger partial charge in [-0.15, -0.1) is 0 Å². The molecule has 0 spiro atoms. The van der Waals surface area contributed by atoms with Crippen molar-refractivity contribution >= 4 is 17.5 Å². The summed E-state index contributed by atoms with van der Waals surface area (Å²) >= 11 is 0. The van der Waals surface area contributed by atoms with Crippen molar-refractivity contribution in [3.8, 4) is 0 Å². The summed E-state index contributed by atoms with van der Waals surface area (Å²) in [5.74, 6) is 3.51. The second-order valence-electron chi connectivity index (χ2n) is 2.30. The normalized spacial score (nSPS) is 9.50. The van der Waals surface area contributed by atoms with Gasteiger partial charge in [0.2, 0.25) is 0 Å². The van der Waals surface area contributed by atoms with Crippen LogP contribution in [-0.2, 0) is 0 Å². The number of nitrogen functional groups attached to an aromatic ring is 1. The zero-order chi connectivity index (χ0) is 10.7. The van der Waals surface area contributed by atoms with Gasteiger partial charge in [0.25, 0.3) is 5.69 Å². The topological polar surface area (TPSA) is 131 Å². The summed E-state index contributed by atoms with van der Waals surface area (Å²) in [5, 5.41) is 18.9. The number of nitrogens with zero attached hydrogens (tertiary/aromatic N) is 2. The molecule has 74 valence electrons. The first-order chi connectivity index (χ1) is 6.56. The van der Waals surface area contributed by atoms with E-state index < -0.39 is 16.6 Å². The first kappa shape index (κ1) is 9.86. The number of nitrogens with two attached hydrogens (primary N) is 1. The van der Waals surface area contributed by atoms with Gasteiger partial charge in [-0.05, 0) is 0 Å². The average Bonchev–Trinajstić information content (AvgIpc) is 2.16. The quantitative estimate of drug-likeness (QED) is 0.353. The molecule has 1 rings (SSSR count). The fourth-order valence-electron chi connectivity index (χ4n) is 0.832. The number of hydrogen-bond donors (Lipinski definition) is 3. The number of hydrazine groups is 1. The van der Waals surface area contributed by atoms with Gasteiger partial charge in [0.15, 0.2) is 5.82 Å². The molecule has 0 fully saturated rings. The SMILES string of the molecule is NNc1ncc([N+](=O)[O-])cc1C(=O)O. The Bertz CT molecular complexity index is 391. The van der Waals surface area contributed by atoms with Crippen LogP contribution in [0.4, 0.5) is 11.5 Å². The van der Waals surface area contributed by atoms with Crippen LogP contribution in [0.2, 0.25) is 0 Å². The lowest BCUT2D eigenvalue weighted by atomic mass is 10.2. The van der Waals surface area contributed by atoms with Crippen molar-refractivity contribution in [3.05, 3.63) is 27.9 Å². The van der Waals surface area contributed by atoms with E-state index in [1.807, 2.05) is 5.43 Å². The molecule has 0 atom stereocenters. The number of nitro groups is 1. The smallest absolute Gasteiger partial charge is 0.339 e. The van der Waals surface area contributed by atoms with E-state index in [1.54, 1.807) is 0 Å². The van der Waals surface area contributed by atoms with E-state index in [2.05, 4.69) is 4.98 Å². The average molecular weight is 198 g/mol. The minimum atomic E-state index is -1.34. The van der Waals surface area contributed by atoms with Gasteiger partial charge in [-0.25, -0.2) is 15.6 Å². The number of aromatic nitrogens is 1. The lowest BCUT2D eigenvalue weighted by Crippen LogP contribution is -2.13. The second kappa shape index (κ2) is 3.66. The van der Waals surface area contributed by atoms with Crippen LogP contribution in [0, 0.1) is 10.1 Å². The molecule has 0 aromatic carbocycles. The first-order valence-electron chi connectivity index (χ1n) is 3.40. The van der Waals surface area contributed by atoms with Gasteiger partial charge >= 0.3 is 5.97 Å². The van der Waals surface area contributed by atoms with Crippen LogP contribution in [0.5, 0.6) is 0 Å². The van der Waals surface area contributed by atoms with E-state index in [9.17, 15) is 14.9 Å². The van der Waals surface area contributed by atoms with Crippen LogP contribution in [0.15, 0.2) is 12.3 Å². The molecule has 1 aromatic rings. The molecule has 0 unspecified atom stereocenters. The Morgan fingerprint density at radius 2 is 2.36 bits per heavy atom. The van der Waals surface area contributed by atoms with E-state index in [-0.39, 0.29) is 11.4 Å². The van der Waals surface area contributed by atoms with Crippen LogP contribution in [0.3, 0.4) is 0 Å². The Labute approximate surface area is 77.5 Å². The highest BCUT2D eigenvalue weighted by Crippen LogP contribution is 2.17. The Morgan fingerprint density at radius 3 is 2.79 bits per heavy atom. The fraction of sp³-hybridized carbons (Fsp3) is 0. The third-order valence-corrected chi connectivity index (χ3v) is 1.45. The predicted octanol–water partition coefficient (Wildman–Crippen LogP) is -0.0264. The summed E-state index contributed by atoms with van der Waals surface area (Å²) in [7, 11) is 0. The maximum absolute atomic E-state index is 10.6. The number of carboxylic acids is 1. The highest BCUT2D eigenvalue weighted by Gasteiger charge is 2.16. The maximum atomic E-state index is 10.6. The Balaban J connectivity index is 3.27. The number of hydrogen-bond acceptors (Lipinski definition) is 6. The number of aromatic carboxylic acids is 1. The van der Waals surface area contributed by atoms with Crippen molar-refractivity contribution in [3.63, 3.8) is 0 Å². The van der Waals surface area contributed by atoms with Gasteiger partial charge in [0.05, 0.1) is 4.92 Å². The number of carbonyl (C=O) groups is 1. The lowest BCUT2D eigenvalue weighted by molar-refractivity contribution is -0.385. The zero-order valence-electron chi connectivity index (χ0n) is 6.80. The van der Waals surface area contributed by atoms with Crippen LogP contribution in [0.25, 0.3) is 0 Å². The molecule has 1 aromatic heterocycles. The van der Waals surface area contributed by atoms with Gasteiger partial charge in [0.1, 0.15) is 11.8 Å². The van der Waals surface area contributed by atoms with E-state index in [0.717, 1.165) is 12.3 Å². The number of anilines is 1. The summed E-state index contributed by atoms with van der Waals surface area (Å²) in [6, 6.07) is 0.879. The van der Waals surface area contributed by atoms with Crippen molar-refractivity contribution in [2.24, 2.45) is 5.84 Å². The molecular formula is C6H6N4O4. The van der Waals surface area contributed by atoms with Gasteiger partial charge < -0.3 is 10.5 Å². The molecule has 8 nitrogen and oxygen atoms in total. The summed E-state index contributed by atoms with van der Waals surface area (Å²) in [6.07, 6.45) is 0.918. The lowest BCUT2D eigenvalue weighted by Gasteiger charge is -2.02. The summed E-state index contributed by atoms with van der Waals surface area (Å²) < 4.78 is 0. The Kier molecular flexibility index (Phi) is 2.58. The molecule has 0 aliphatic heterocycles. The van der Waals surface area contributed by atoms with Crippen LogP contribution in [-0.4, -0.2) is 21.0 Å². The molecule has 0 saturated carbocycles. The van der Waals surface area contributed by atoms with Gasteiger partial charge in [-0.1, -0.05) is 0 Å². The van der Waals surface area contributed by atoms with Crippen LogP contribution >= 0.6 is 0 Å². The monoisotopic (exact) mass is 198 g/mol. The van der Waals surface area contributed by atoms with Gasteiger partial charge in [-0.3, -0.25) is 10.1 Å². The summed E-state index contributed by atoms with van der Waals surface area (Å²) in [4.78, 5) is 23.6. The molecule has 0 saturated heterocycles. The third-order valence-electron chi connectivity index (χ3n) is 1.45. The van der Waals surface area contributed by atoms with Crippen LogP contribution in [0.1, 0.15) is 10.4 Å². The molecule has 1 heterocycles. The van der Waals surface area contributed by atoms with E-state index in [0.29, 0.717) is 0 Å². The molecule has 14 heavy (non-hydrogen) atoms. The Hall–Kier alpha value is -2.22. The summed E-state index contributed by atoms with van der Waals surface area (Å²) in [5.41, 5.74) is 1.28. The predicted molar refractivity (Wildman–Crippen MR) is 45.7 cm³/mol. The first-order valence-corrected chi connectivity index (χ1v) is 3.40. The highest BCUT2D eigenvalue weighted by atomic mass is 16.6. The van der Waals surface area contributed by atoms with Crippen molar-refractivity contribution in [2.45, 2.75) is 0 Å². The number of carboxylic acid groups (broad SMARTS) is 1. The van der Waals surface area contributed by atoms with E-state index in [1.165, 1.54) is 0 Å². The van der Waals surface area contributed by atoms with E-state index in [4.69, 9.17) is 10.9 Å². The molecular weight excluding hydrogens is 192 g/mol. The van der Waals surface area contributed by atoms with Crippen molar-refractivity contribution in [2.75, 3.05) is 5.43 Å². The molecule has 8 heteroatoms. The van der Waals surface area contributed by atoms with Crippen molar-refractivity contribution < 1.29 is 14.8 Å².